The zero-order valence-corrected chi connectivity index (χ0v) is 9.14. The molecule has 0 unspecified atom stereocenters. The molecule has 4 nitrogen and oxygen atoms in total. The average Bonchev–Trinajstić information content (AvgIpc) is 2.68. The SMILES string of the molecule is Cc1oc(=O)oc1-c1ccc2ccccc2n1. The summed E-state index contributed by atoms with van der Waals surface area (Å²) in [6, 6.07) is 11.5. The van der Waals surface area contributed by atoms with Gasteiger partial charge in [0, 0.05) is 5.39 Å². The van der Waals surface area contributed by atoms with Gasteiger partial charge in [0.15, 0.2) is 11.5 Å². The van der Waals surface area contributed by atoms with Crippen LogP contribution in [0.2, 0.25) is 0 Å². The summed E-state index contributed by atoms with van der Waals surface area (Å²) < 4.78 is 9.78. The molecule has 0 aliphatic carbocycles. The van der Waals surface area contributed by atoms with E-state index >= 15 is 0 Å². The highest BCUT2D eigenvalue weighted by Gasteiger charge is 2.12. The second-order valence-electron chi connectivity index (χ2n) is 3.73. The van der Waals surface area contributed by atoms with Crippen LogP contribution in [0.5, 0.6) is 0 Å². The summed E-state index contributed by atoms with van der Waals surface area (Å²) in [4.78, 5) is 15.4. The third-order valence-electron chi connectivity index (χ3n) is 2.57. The van der Waals surface area contributed by atoms with Gasteiger partial charge in [-0.05, 0) is 19.1 Å². The van der Waals surface area contributed by atoms with Crippen LogP contribution in [0.3, 0.4) is 0 Å². The Kier molecular flexibility index (Phi) is 2.08. The third-order valence-corrected chi connectivity index (χ3v) is 2.57. The van der Waals surface area contributed by atoms with Crippen LogP contribution in [0.15, 0.2) is 50.0 Å². The number of para-hydroxylation sites is 1. The molecule has 1 aromatic carbocycles. The van der Waals surface area contributed by atoms with Crippen molar-refractivity contribution in [1.29, 1.82) is 0 Å². The number of benzene rings is 1. The van der Waals surface area contributed by atoms with Crippen LogP contribution in [0, 0.1) is 6.92 Å². The summed E-state index contributed by atoms with van der Waals surface area (Å²) in [6.45, 7) is 1.68. The Bertz CT molecular complexity index is 740. The molecule has 3 rings (SSSR count). The molecule has 0 bridgehead atoms. The van der Waals surface area contributed by atoms with Crippen molar-refractivity contribution in [3.05, 3.63) is 52.8 Å². The van der Waals surface area contributed by atoms with E-state index < -0.39 is 5.82 Å². The first kappa shape index (κ1) is 9.84. The van der Waals surface area contributed by atoms with Crippen molar-refractivity contribution in [2.45, 2.75) is 6.92 Å². The Morgan fingerprint density at radius 1 is 1.06 bits per heavy atom. The topological polar surface area (TPSA) is 56.2 Å². The molecule has 0 radical (unpaired) electrons. The number of aromatic nitrogens is 1. The molecule has 2 heterocycles. The quantitative estimate of drug-likeness (QED) is 0.641. The van der Waals surface area contributed by atoms with Crippen LogP contribution in [0.4, 0.5) is 0 Å². The van der Waals surface area contributed by atoms with Gasteiger partial charge in [0.25, 0.3) is 0 Å². The maximum Gasteiger partial charge on any atom is 0.519 e. The molecule has 4 heteroatoms. The summed E-state index contributed by atoms with van der Waals surface area (Å²) in [5.74, 6) is 0.131. The summed E-state index contributed by atoms with van der Waals surface area (Å²) >= 11 is 0. The van der Waals surface area contributed by atoms with Crippen LogP contribution in [0.1, 0.15) is 5.76 Å². The molecule has 0 aliphatic heterocycles. The predicted octanol–water partition coefficient (Wildman–Crippen LogP) is 2.76. The molecular formula is C13H9NO3. The lowest BCUT2D eigenvalue weighted by atomic mass is 10.2. The maximum atomic E-state index is 11.0. The van der Waals surface area contributed by atoms with E-state index in [0.29, 0.717) is 17.2 Å². The molecule has 0 fully saturated rings. The summed E-state index contributed by atoms with van der Waals surface area (Å²) in [6.07, 6.45) is 0. The molecule has 0 N–H and O–H groups in total. The van der Waals surface area contributed by atoms with Crippen LogP contribution in [-0.4, -0.2) is 4.98 Å². The predicted molar refractivity (Wildman–Crippen MR) is 62.7 cm³/mol. The van der Waals surface area contributed by atoms with E-state index in [9.17, 15) is 4.79 Å². The largest absolute Gasteiger partial charge is 0.519 e. The minimum Gasteiger partial charge on any atom is -0.395 e. The number of hydrogen-bond donors (Lipinski definition) is 0. The summed E-state index contributed by atoms with van der Waals surface area (Å²) in [5.41, 5.74) is 1.46. The van der Waals surface area contributed by atoms with Crippen LogP contribution < -0.4 is 5.82 Å². The molecule has 0 spiro atoms. The fourth-order valence-corrected chi connectivity index (χ4v) is 1.77. The van der Waals surface area contributed by atoms with Gasteiger partial charge in [-0.25, -0.2) is 9.78 Å². The van der Waals surface area contributed by atoms with Gasteiger partial charge in [-0.2, -0.15) is 0 Å². The minimum atomic E-state index is -0.701. The number of rotatable bonds is 1. The standard InChI is InChI=1S/C13H9NO3/c1-8-12(17-13(15)16-8)11-7-6-9-4-2-3-5-10(9)14-11/h2-7H,1H3. The van der Waals surface area contributed by atoms with Crippen molar-refractivity contribution in [3.63, 3.8) is 0 Å². The van der Waals surface area contributed by atoms with Crippen molar-refractivity contribution in [3.8, 4) is 11.5 Å². The van der Waals surface area contributed by atoms with E-state index in [1.165, 1.54) is 0 Å². The van der Waals surface area contributed by atoms with E-state index in [4.69, 9.17) is 8.83 Å². The molecule has 84 valence electrons. The van der Waals surface area contributed by atoms with Crippen molar-refractivity contribution < 1.29 is 8.83 Å². The molecule has 17 heavy (non-hydrogen) atoms. The van der Waals surface area contributed by atoms with Crippen molar-refractivity contribution in [2.75, 3.05) is 0 Å². The number of pyridine rings is 1. The Balaban J connectivity index is 2.24. The van der Waals surface area contributed by atoms with E-state index in [1.54, 1.807) is 6.92 Å². The Hall–Kier alpha value is -2.36. The fraction of sp³-hybridized carbons (Fsp3) is 0.0769. The second-order valence-corrected chi connectivity index (χ2v) is 3.73. The van der Waals surface area contributed by atoms with E-state index in [-0.39, 0.29) is 0 Å². The highest BCUT2D eigenvalue weighted by atomic mass is 16.6. The average molecular weight is 227 g/mol. The lowest BCUT2D eigenvalue weighted by molar-refractivity contribution is 0.381. The maximum absolute atomic E-state index is 11.0. The molecular weight excluding hydrogens is 218 g/mol. The number of aryl methyl sites for hydroxylation is 1. The first-order chi connectivity index (χ1) is 8.24. The molecule has 0 aliphatic rings. The van der Waals surface area contributed by atoms with Crippen LogP contribution >= 0.6 is 0 Å². The highest BCUT2D eigenvalue weighted by molar-refractivity contribution is 5.80. The van der Waals surface area contributed by atoms with E-state index in [0.717, 1.165) is 10.9 Å². The van der Waals surface area contributed by atoms with Gasteiger partial charge in [0.2, 0.25) is 0 Å². The van der Waals surface area contributed by atoms with Gasteiger partial charge in [-0.1, -0.05) is 24.3 Å². The normalized spacial score (nSPS) is 10.9. The van der Waals surface area contributed by atoms with Gasteiger partial charge in [-0.15, -0.1) is 0 Å². The monoisotopic (exact) mass is 227 g/mol. The van der Waals surface area contributed by atoms with Crippen LogP contribution in [0.25, 0.3) is 22.4 Å². The van der Waals surface area contributed by atoms with Crippen molar-refractivity contribution in [1.82, 2.24) is 4.98 Å². The third kappa shape index (κ3) is 1.63. The Morgan fingerprint density at radius 3 is 2.65 bits per heavy atom. The number of hydrogen-bond acceptors (Lipinski definition) is 4. The zero-order valence-electron chi connectivity index (χ0n) is 9.14. The van der Waals surface area contributed by atoms with Crippen molar-refractivity contribution >= 4 is 10.9 Å². The zero-order chi connectivity index (χ0) is 11.8. The highest BCUT2D eigenvalue weighted by Crippen LogP contribution is 2.22. The molecule has 0 atom stereocenters. The Labute approximate surface area is 96.5 Å². The van der Waals surface area contributed by atoms with Gasteiger partial charge in [0.1, 0.15) is 5.69 Å². The molecule has 0 saturated heterocycles. The second kappa shape index (κ2) is 3.59. The van der Waals surface area contributed by atoms with Gasteiger partial charge in [0.05, 0.1) is 5.52 Å². The van der Waals surface area contributed by atoms with Crippen molar-refractivity contribution in [2.24, 2.45) is 0 Å². The van der Waals surface area contributed by atoms with E-state index in [1.807, 2.05) is 36.4 Å². The van der Waals surface area contributed by atoms with E-state index in [2.05, 4.69) is 4.98 Å². The van der Waals surface area contributed by atoms with Gasteiger partial charge < -0.3 is 8.83 Å². The number of fused-ring (bicyclic) bond motifs is 1. The Morgan fingerprint density at radius 2 is 1.88 bits per heavy atom. The van der Waals surface area contributed by atoms with Gasteiger partial charge >= 0.3 is 5.82 Å². The smallest absolute Gasteiger partial charge is 0.395 e. The first-order valence-electron chi connectivity index (χ1n) is 5.21. The minimum absolute atomic E-state index is 0.390. The first-order valence-corrected chi connectivity index (χ1v) is 5.21. The summed E-state index contributed by atoms with van der Waals surface area (Å²) in [5, 5.41) is 1.04. The summed E-state index contributed by atoms with van der Waals surface area (Å²) in [7, 11) is 0. The fourth-order valence-electron chi connectivity index (χ4n) is 1.77. The van der Waals surface area contributed by atoms with Gasteiger partial charge in [-0.3, -0.25) is 0 Å². The lowest BCUT2D eigenvalue weighted by Crippen LogP contribution is -1.87. The van der Waals surface area contributed by atoms with Crippen LogP contribution in [-0.2, 0) is 0 Å². The molecule has 0 amide bonds. The lowest BCUT2D eigenvalue weighted by Gasteiger charge is -1.99. The molecule has 3 aromatic rings. The number of nitrogens with zero attached hydrogens (tertiary/aromatic N) is 1. The molecule has 2 aromatic heterocycles. The molecule has 0 saturated carbocycles.